The Morgan fingerprint density at radius 1 is 0.852 bits per heavy atom. The Bertz CT molecular complexity index is 1050. The molecule has 0 aliphatic heterocycles. The molecule has 0 amide bonds. The molecule has 0 radical (unpaired) electrons. The second-order valence-corrected chi connectivity index (χ2v) is 8.27. The van der Waals surface area contributed by atoms with Crippen molar-refractivity contribution in [2.24, 2.45) is 0 Å². The van der Waals surface area contributed by atoms with E-state index in [0.29, 0.717) is 5.92 Å². The van der Waals surface area contributed by atoms with Crippen LogP contribution in [0.15, 0.2) is 73.3 Å². The molecule has 2 nitrogen and oxygen atoms in total. The minimum atomic E-state index is -0.221. The third-order valence-corrected chi connectivity index (χ3v) is 5.94. The van der Waals surface area contributed by atoms with Crippen LogP contribution in [0.2, 0.25) is 0 Å². The highest BCUT2D eigenvalue weighted by Crippen LogP contribution is 2.48. The molecule has 1 heterocycles. The van der Waals surface area contributed by atoms with Crippen molar-refractivity contribution < 1.29 is 0 Å². The van der Waals surface area contributed by atoms with Gasteiger partial charge < -0.3 is 0 Å². The number of rotatable bonds is 0. The summed E-state index contributed by atoms with van der Waals surface area (Å²) in [6, 6.07) is 17.7. The topological polar surface area (TPSA) is 25.8 Å². The van der Waals surface area contributed by atoms with E-state index in [2.05, 4.69) is 72.3 Å². The Morgan fingerprint density at radius 3 is 2.22 bits per heavy atom. The van der Waals surface area contributed by atoms with Crippen molar-refractivity contribution in [2.45, 2.75) is 37.5 Å². The Hall–Kier alpha value is -2.45. The Morgan fingerprint density at radius 2 is 1.52 bits per heavy atom. The van der Waals surface area contributed by atoms with Gasteiger partial charge in [-0.15, -0.1) is 11.6 Å². The average molecular weight is 375 g/mol. The Labute approximate surface area is 165 Å². The van der Waals surface area contributed by atoms with Gasteiger partial charge >= 0.3 is 0 Å². The van der Waals surface area contributed by atoms with Crippen LogP contribution in [0.5, 0.6) is 0 Å². The molecule has 136 valence electrons. The molecule has 0 spiro atoms. The highest BCUT2D eigenvalue weighted by atomic mass is 35.5. The molecular weight excluding hydrogens is 352 g/mol. The number of fused-ring (bicyclic) bond motifs is 5. The molecule has 0 bridgehead atoms. The lowest BCUT2D eigenvalue weighted by molar-refractivity contribution is 0.489. The molecule has 1 aliphatic carbocycles. The van der Waals surface area contributed by atoms with Gasteiger partial charge in [0.2, 0.25) is 0 Å². The summed E-state index contributed by atoms with van der Waals surface area (Å²) >= 11 is 6.79. The smallest absolute Gasteiger partial charge is 0.0670 e. The van der Waals surface area contributed by atoms with Crippen LogP contribution in [-0.4, -0.2) is 9.97 Å². The van der Waals surface area contributed by atoms with Gasteiger partial charge in [-0.1, -0.05) is 55.5 Å². The van der Waals surface area contributed by atoms with Crippen LogP contribution in [0.1, 0.15) is 43.7 Å². The van der Waals surface area contributed by atoms with E-state index in [4.69, 9.17) is 11.6 Å². The molecule has 2 atom stereocenters. The minimum absolute atomic E-state index is 0.221. The van der Waals surface area contributed by atoms with Gasteiger partial charge in [0.15, 0.2) is 0 Å². The van der Waals surface area contributed by atoms with E-state index in [1.807, 2.05) is 0 Å². The van der Waals surface area contributed by atoms with Crippen molar-refractivity contribution >= 4 is 33.1 Å². The highest BCUT2D eigenvalue weighted by molar-refractivity contribution is 6.24. The second kappa shape index (κ2) is 7.28. The maximum atomic E-state index is 6.79. The summed E-state index contributed by atoms with van der Waals surface area (Å²) in [5.74, 6) is 0.580. The summed E-state index contributed by atoms with van der Waals surface area (Å²) in [6.07, 6.45) is 8.78. The zero-order valence-electron chi connectivity index (χ0n) is 15.7. The molecule has 1 aromatic heterocycles. The first kappa shape index (κ1) is 17.9. The van der Waals surface area contributed by atoms with Crippen LogP contribution in [0.3, 0.4) is 0 Å². The van der Waals surface area contributed by atoms with E-state index in [9.17, 15) is 0 Å². The average Bonchev–Trinajstić information content (AvgIpc) is 2.72. The van der Waals surface area contributed by atoms with Crippen molar-refractivity contribution in [3.05, 3.63) is 84.4 Å². The van der Waals surface area contributed by atoms with E-state index in [0.717, 1.165) is 6.42 Å². The lowest BCUT2D eigenvalue weighted by Gasteiger charge is -2.35. The van der Waals surface area contributed by atoms with Crippen molar-refractivity contribution in [2.75, 3.05) is 0 Å². The third kappa shape index (κ3) is 3.42. The van der Waals surface area contributed by atoms with E-state index in [1.54, 1.807) is 24.8 Å². The van der Waals surface area contributed by atoms with Gasteiger partial charge in [0.25, 0.3) is 0 Å². The van der Waals surface area contributed by atoms with Crippen LogP contribution in [0.4, 0.5) is 0 Å². The Balaban J connectivity index is 0.000000257. The first-order valence-corrected chi connectivity index (χ1v) is 9.79. The number of alkyl halides is 1. The SMILES string of the molecule is CC1CCC(C)(Cl)c2ccc3c(ccc4ccccc43)c21.c1cnccn1. The predicted molar refractivity (Wildman–Crippen MR) is 114 cm³/mol. The van der Waals surface area contributed by atoms with Gasteiger partial charge in [0.05, 0.1) is 4.87 Å². The fourth-order valence-corrected chi connectivity index (χ4v) is 4.39. The van der Waals surface area contributed by atoms with Crippen LogP contribution in [-0.2, 0) is 4.87 Å². The molecule has 0 N–H and O–H groups in total. The van der Waals surface area contributed by atoms with Crippen LogP contribution < -0.4 is 0 Å². The number of nitrogens with zero attached hydrogens (tertiary/aromatic N) is 2. The molecule has 2 unspecified atom stereocenters. The van der Waals surface area contributed by atoms with Crippen molar-refractivity contribution in [1.29, 1.82) is 0 Å². The van der Waals surface area contributed by atoms with E-state index in [-0.39, 0.29) is 4.87 Å². The van der Waals surface area contributed by atoms with Gasteiger partial charge in [-0.3, -0.25) is 9.97 Å². The van der Waals surface area contributed by atoms with Crippen LogP contribution >= 0.6 is 11.6 Å². The Kier molecular flexibility index (Phi) is 4.84. The summed E-state index contributed by atoms with van der Waals surface area (Å²) in [4.78, 5) is 7.22. The first-order chi connectivity index (χ1) is 13.1. The molecule has 3 heteroatoms. The van der Waals surface area contributed by atoms with E-state index < -0.39 is 0 Å². The molecule has 0 saturated carbocycles. The molecule has 0 fully saturated rings. The largest absolute Gasteiger partial charge is 0.262 e. The first-order valence-electron chi connectivity index (χ1n) is 9.41. The van der Waals surface area contributed by atoms with E-state index >= 15 is 0 Å². The van der Waals surface area contributed by atoms with Crippen LogP contribution in [0, 0.1) is 0 Å². The molecular formula is C24H23ClN2. The van der Waals surface area contributed by atoms with Crippen molar-refractivity contribution in [1.82, 2.24) is 9.97 Å². The summed E-state index contributed by atoms with van der Waals surface area (Å²) in [6.45, 7) is 4.49. The predicted octanol–water partition coefficient (Wildman–Crippen LogP) is 6.82. The molecule has 1 aliphatic rings. The monoisotopic (exact) mass is 374 g/mol. The van der Waals surface area contributed by atoms with Crippen molar-refractivity contribution in [3.63, 3.8) is 0 Å². The van der Waals surface area contributed by atoms with Gasteiger partial charge in [-0.05, 0) is 58.4 Å². The normalized spacial score (nSPS) is 21.4. The number of hydrogen-bond donors (Lipinski definition) is 0. The summed E-state index contributed by atoms with van der Waals surface area (Å²) in [5.41, 5.74) is 2.78. The molecule has 5 rings (SSSR count). The number of aromatic nitrogens is 2. The molecule has 4 aromatic rings. The molecule has 3 aromatic carbocycles. The lowest BCUT2D eigenvalue weighted by Crippen LogP contribution is -2.23. The summed E-state index contributed by atoms with van der Waals surface area (Å²) in [7, 11) is 0. The zero-order valence-corrected chi connectivity index (χ0v) is 16.4. The summed E-state index contributed by atoms with van der Waals surface area (Å²) in [5, 5.41) is 5.38. The highest BCUT2D eigenvalue weighted by Gasteiger charge is 2.33. The quantitative estimate of drug-likeness (QED) is 0.249. The fraction of sp³-hybridized carbons (Fsp3) is 0.250. The van der Waals surface area contributed by atoms with E-state index in [1.165, 1.54) is 39.1 Å². The van der Waals surface area contributed by atoms with Gasteiger partial charge in [-0.25, -0.2) is 0 Å². The van der Waals surface area contributed by atoms with Crippen molar-refractivity contribution in [3.8, 4) is 0 Å². The third-order valence-electron chi connectivity index (χ3n) is 5.55. The zero-order chi connectivity index (χ0) is 18.9. The van der Waals surface area contributed by atoms with Gasteiger partial charge in [0, 0.05) is 24.8 Å². The van der Waals surface area contributed by atoms with Crippen LogP contribution in [0.25, 0.3) is 21.5 Å². The maximum absolute atomic E-state index is 6.79. The lowest BCUT2D eigenvalue weighted by atomic mass is 9.75. The standard InChI is InChI=1S/C20H19Cl.C4H4N2/c1-13-11-12-20(2,21)18-10-9-16-15-6-4-3-5-14(15)7-8-17(16)19(13)18;1-2-6-4-3-5-1/h3-10,13H,11-12H2,1-2H3;1-4H. The van der Waals surface area contributed by atoms with Gasteiger partial charge in [-0.2, -0.15) is 0 Å². The number of benzene rings is 3. The number of hydrogen-bond acceptors (Lipinski definition) is 2. The molecule has 27 heavy (non-hydrogen) atoms. The molecule has 0 saturated heterocycles. The fourth-order valence-electron chi connectivity index (χ4n) is 4.12. The number of halogens is 1. The maximum Gasteiger partial charge on any atom is 0.0670 e. The van der Waals surface area contributed by atoms with Gasteiger partial charge in [0.1, 0.15) is 0 Å². The summed E-state index contributed by atoms with van der Waals surface area (Å²) < 4.78 is 0. The second-order valence-electron chi connectivity index (χ2n) is 7.44. The minimum Gasteiger partial charge on any atom is -0.262 e.